The van der Waals surface area contributed by atoms with Gasteiger partial charge in [-0.15, -0.1) is 12.3 Å². The molecule has 0 fully saturated rings. The number of unbranched alkanes of at least 4 members (excludes halogenated alkanes) is 1. The number of nitrogens with zero attached hydrogens (tertiary/aromatic N) is 1. The molecular weight excluding hydrogens is 208 g/mol. The highest BCUT2D eigenvalue weighted by Crippen LogP contribution is 2.18. The Morgan fingerprint density at radius 3 is 2.88 bits per heavy atom. The van der Waals surface area contributed by atoms with E-state index in [1.165, 1.54) is 0 Å². The Balaban J connectivity index is 2.16. The third-order valence-corrected chi connectivity index (χ3v) is 2.84. The van der Waals surface area contributed by atoms with Crippen molar-refractivity contribution in [1.29, 1.82) is 0 Å². The van der Waals surface area contributed by atoms with Gasteiger partial charge in [0.2, 0.25) is 0 Å². The Bertz CT molecular complexity index is 540. The van der Waals surface area contributed by atoms with Gasteiger partial charge in [0.15, 0.2) is 0 Å². The maximum atomic E-state index is 6.10. The standard InChI is InChI=1S/C15H16N2/c1-2-3-4-8-13(16)15-11-10-12-7-5-6-9-14(12)17-15/h1,5-7,9-11,13H,3-4,8,16H2. The van der Waals surface area contributed by atoms with Crippen LogP contribution in [0, 0.1) is 12.3 Å². The van der Waals surface area contributed by atoms with Gasteiger partial charge in [0, 0.05) is 17.8 Å². The van der Waals surface area contributed by atoms with Crippen LogP contribution in [0.3, 0.4) is 0 Å². The number of rotatable bonds is 4. The van der Waals surface area contributed by atoms with Gasteiger partial charge in [-0.3, -0.25) is 4.98 Å². The first-order valence-electron chi connectivity index (χ1n) is 5.86. The highest BCUT2D eigenvalue weighted by molar-refractivity contribution is 5.78. The molecule has 2 aromatic rings. The van der Waals surface area contributed by atoms with Crippen LogP contribution in [-0.2, 0) is 0 Å². The van der Waals surface area contributed by atoms with E-state index in [2.05, 4.69) is 23.0 Å². The molecule has 0 radical (unpaired) electrons. The Hall–Kier alpha value is -1.85. The molecule has 17 heavy (non-hydrogen) atoms. The van der Waals surface area contributed by atoms with Gasteiger partial charge in [-0.25, -0.2) is 0 Å². The Labute approximate surface area is 102 Å². The lowest BCUT2D eigenvalue weighted by Crippen LogP contribution is -2.11. The van der Waals surface area contributed by atoms with E-state index >= 15 is 0 Å². The van der Waals surface area contributed by atoms with Crippen LogP contribution in [0.4, 0.5) is 0 Å². The van der Waals surface area contributed by atoms with Gasteiger partial charge in [0.05, 0.1) is 11.2 Å². The topological polar surface area (TPSA) is 38.9 Å². The predicted molar refractivity (Wildman–Crippen MR) is 71.4 cm³/mol. The minimum Gasteiger partial charge on any atom is -0.323 e. The molecule has 0 aliphatic carbocycles. The van der Waals surface area contributed by atoms with E-state index in [0.717, 1.165) is 35.9 Å². The number of pyridine rings is 1. The lowest BCUT2D eigenvalue weighted by atomic mass is 10.1. The van der Waals surface area contributed by atoms with Crippen LogP contribution in [0.25, 0.3) is 10.9 Å². The molecule has 2 rings (SSSR count). The lowest BCUT2D eigenvalue weighted by molar-refractivity contribution is 0.608. The van der Waals surface area contributed by atoms with Crippen molar-refractivity contribution in [3.63, 3.8) is 0 Å². The molecule has 0 spiro atoms. The van der Waals surface area contributed by atoms with Crippen molar-refractivity contribution in [2.24, 2.45) is 5.73 Å². The molecule has 2 nitrogen and oxygen atoms in total. The first kappa shape index (κ1) is 11.6. The van der Waals surface area contributed by atoms with Crippen LogP contribution >= 0.6 is 0 Å². The van der Waals surface area contributed by atoms with E-state index in [1.54, 1.807) is 0 Å². The predicted octanol–water partition coefficient (Wildman–Crippen LogP) is 3.04. The molecule has 0 saturated heterocycles. The summed E-state index contributed by atoms with van der Waals surface area (Å²) in [5.41, 5.74) is 8.04. The number of hydrogen-bond donors (Lipinski definition) is 1. The number of fused-ring (bicyclic) bond motifs is 1. The average molecular weight is 224 g/mol. The molecule has 2 N–H and O–H groups in total. The minimum atomic E-state index is -0.0204. The maximum absolute atomic E-state index is 6.10. The molecule has 0 aliphatic heterocycles. The first-order valence-corrected chi connectivity index (χ1v) is 5.86. The second-order valence-electron chi connectivity index (χ2n) is 4.13. The largest absolute Gasteiger partial charge is 0.323 e. The molecule has 2 heteroatoms. The molecule has 0 saturated carbocycles. The van der Waals surface area contributed by atoms with Crippen LogP contribution < -0.4 is 5.73 Å². The normalized spacial score (nSPS) is 12.2. The monoisotopic (exact) mass is 224 g/mol. The number of hydrogen-bond acceptors (Lipinski definition) is 2. The van der Waals surface area contributed by atoms with Crippen molar-refractivity contribution in [2.75, 3.05) is 0 Å². The van der Waals surface area contributed by atoms with Crippen molar-refractivity contribution < 1.29 is 0 Å². The molecule has 1 atom stereocenters. The zero-order valence-corrected chi connectivity index (χ0v) is 9.76. The summed E-state index contributed by atoms with van der Waals surface area (Å²) >= 11 is 0. The quantitative estimate of drug-likeness (QED) is 0.640. The van der Waals surface area contributed by atoms with E-state index in [-0.39, 0.29) is 6.04 Å². The zero-order valence-electron chi connectivity index (χ0n) is 9.76. The van der Waals surface area contributed by atoms with Gasteiger partial charge in [-0.05, 0) is 25.0 Å². The van der Waals surface area contributed by atoms with Crippen molar-refractivity contribution in [3.8, 4) is 12.3 Å². The van der Waals surface area contributed by atoms with Crippen molar-refractivity contribution in [1.82, 2.24) is 4.98 Å². The van der Waals surface area contributed by atoms with E-state index < -0.39 is 0 Å². The summed E-state index contributed by atoms with van der Waals surface area (Å²) in [6.07, 6.45) is 7.84. The fraction of sp³-hybridized carbons (Fsp3) is 0.267. The van der Waals surface area contributed by atoms with Gasteiger partial charge in [-0.2, -0.15) is 0 Å². The number of benzene rings is 1. The Kier molecular flexibility index (Phi) is 3.74. The van der Waals surface area contributed by atoms with Crippen LogP contribution in [0.15, 0.2) is 36.4 Å². The van der Waals surface area contributed by atoms with Crippen molar-refractivity contribution in [3.05, 3.63) is 42.1 Å². The SMILES string of the molecule is C#CCCCC(N)c1ccc2ccccc2n1. The van der Waals surface area contributed by atoms with Gasteiger partial charge in [0.25, 0.3) is 0 Å². The fourth-order valence-corrected chi connectivity index (χ4v) is 1.86. The van der Waals surface area contributed by atoms with Crippen LogP contribution in [-0.4, -0.2) is 4.98 Å². The van der Waals surface area contributed by atoms with E-state index in [1.807, 2.05) is 24.3 Å². The molecular formula is C15H16N2. The molecule has 86 valence electrons. The molecule has 0 amide bonds. The third kappa shape index (κ3) is 2.83. The second-order valence-corrected chi connectivity index (χ2v) is 4.13. The van der Waals surface area contributed by atoms with Crippen LogP contribution in [0.5, 0.6) is 0 Å². The second kappa shape index (κ2) is 5.47. The minimum absolute atomic E-state index is 0.0204. The number of nitrogens with two attached hydrogens (primary N) is 1. The molecule has 1 aromatic carbocycles. The van der Waals surface area contributed by atoms with E-state index in [9.17, 15) is 0 Å². The highest BCUT2D eigenvalue weighted by Gasteiger charge is 2.07. The summed E-state index contributed by atoms with van der Waals surface area (Å²) in [4.78, 5) is 4.58. The Morgan fingerprint density at radius 1 is 1.24 bits per heavy atom. The lowest BCUT2D eigenvalue weighted by Gasteiger charge is -2.10. The first-order chi connectivity index (χ1) is 8.31. The van der Waals surface area contributed by atoms with E-state index in [0.29, 0.717) is 0 Å². The highest BCUT2D eigenvalue weighted by atomic mass is 14.8. The van der Waals surface area contributed by atoms with Gasteiger partial charge in [0.1, 0.15) is 0 Å². The van der Waals surface area contributed by atoms with Gasteiger partial charge >= 0.3 is 0 Å². The van der Waals surface area contributed by atoms with Crippen molar-refractivity contribution in [2.45, 2.75) is 25.3 Å². The molecule has 1 unspecified atom stereocenters. The van der Waals surface area contributed by atoms with Crippen molar-refractivity contribution >= 4 is 10.9 Å². The maximum Gasteiger partial charge on any atom is 0.0706 e. The molecule has 0 aliphatic rings. The molecule has 0 bridgehead atoms. The summed E-state index contributed by atoms with van der Waals surface area (Å²) in [5.74, 6) is 2.63. The molecule has 1 heterocycles. The van der Waals surface area contributed by atoms with Crippen LogP contribution in [0.1, 0.15) is 31.0 Å². The summed E-state index contributed by atoms with van der Waals surface area (Å²) in [5, 5.41) is 1.15. The Morgan fingerprint density at radius 2 is 2.06 bits per heavy atom. The summed E-state index contributed by atoms with van der Waals surface area (Å²) in [6.45, 7) is 0. The van der Waals surface area contributed by atoms with E-state index in [4.69, 9.17) is 12.2 Å². The number of terminal acetylenes is 1. The molecule has 1 aromatic heterocycles. The zero-order chi connectivity index (χ0) is 12.1. The summed E-state index contributed by atoms with van der Waals surface area (Å²) < 4.78 is 0. The van der Waals surface area contributed by atoms with Crippen LogP contribution in [0.2, 0.25) is 0 Å². The third-order valence-electron chi connectivity index (χ3n) is 2.84. The fourth-order valence-electron chi connectivity index (χ4n) is 1.86. The van der Waals surface area contributed by atoms with Gasteiger partial charge < -0.3 is 5.73 Å². The van der Waals surface area contributed by atoms with Gasteiger partial charge in [-0.1, -0.05) is 24.3 Å². The summed E-state index contributed by atoms with van der Waals surface area (Å²) in [6, 6.07) is 12.1. The smallest absolute Gasteiger partial charge is 0.0706 e. The number of aromatic nitrogens is 1. The summed E-state index contributed by atoms with van der Waals surface area (Å²) in [7, 11) is 0. The number of para-hydroxylation sites is 1. The average Bonchev–Trinajstić information content (AvgIpc) is 2.38.